The Hall–Kier alpha value is -2.08. The molecule has 6 heteroatoms. The number of carboxylic acid groups (broad SMARTS) is 1. The first kappa shape index (κ1) is 20.2. The molecule has 1 saturated heterocycles. The Morgan fingerprint density at radius 1 is 1.19 bits per heavy atom. The number of rotatable bonds is 7. The van der Waals surface area contributed by atoms with E-state index in [1.54, 1.807) is 12.0 Å². The Labute approximate surface area is 155 Å². The lowest BCUT2D eigenvalue weighted by Crippen LogP contribution is -2.44. The van der Waals surface area contributed by atoms with Crippen LogP contribution >= 0.6 is 0 Å². The van der Waals surface area contributed by atoms with E-state index in [-0.39, 0.29) is 11.3 Å². The Balaban J connectivity index is 2.02. The summed E-state index contributed by atoms with van der Waals surface area (Å²) in [7, 11) is 1.63. The van der Waals surface area contributed by atoms with Crippen LogP contribution in [0.1, 0.15) is 39.2 Å². The summed E-state index contributed by atoms with van der Waals surface area (Å²) in [6.45, 7) is 7.41. The molecule has 2 atom stereocenters. The molecule has 0 radical (unpaired) electrons. The monoisotopic (exact) mass is 363 g/mol. The van der Waals surface area contributed by atoms with Crippen LogP contribution < -0.4 is 4.74 Å². The topological polar surface area (TPSA) is 76.1 Å². The standard InChI is InChI=1S/C20H29NO5/c1-20(2,3)13-21(12-11-14-5-7-15(25-4)8-6-14)18(22)16-9-10-17(26-16)19(23)24/h5-8,16-17H,9-13H2,1-4H3,(H,23,24)/t16-,17+/m0/s1. The maximum atomic E-state index is 12.9. The predicted molar refractivity (Wildman–Crippen MR) is 98.3 cm³/mol. The number of hydrogen-bond donors (Lipinski definition) is 1. The molecular formula is C20H29NO5. The molecule has 1 heterocycles. The van der Waals surface area contributed by atoms with E-state index in [4.69, 9.17) is 14.6 Å². The highest BCUT2D eigenvalue weighted by Gasteiger charge is 2.37. The van der Waals surface area contributed by atoms with E-state index in [9.17, 15) is 9.59 Å². The van der Waals surface area contributed by atoms with Gasteiger partial charge in [0.25, 0.3) is 5.91 Å². The first-order valence-electron chi connectivity index (χ1n) is 8.99. The lowest BCUT2D eigenvalue weighted by molar-refractivity contribution is -0.155. The van der Waals surface area contributed by atoms with E-state index in [1.165, 1.54) is 0 Å². The fourth-order valence-electron chi connectivity index (χ4n) is 3.10. The van der Waals surface area contributed by atoms with Crippen LogP contribution in [0.4, 0.5) is 0 Å². The Kier molecular flexibility index (Phi) is 6.64. The van der Waals surface area contributed by atoms with Crippen molar-refractivity contribution in [3.05, 3.63) is 29.8 Å². The van der Waals surface area contributed by atoms with Crippen molar-refractivity contribution in [2.75, 3.05) is 20.2 Å². The van der Waals surface area contributed by atoms with Crippen molar-refractivity contribution in [1.82, 2.24) is 4.90 Å². The van der Waals surface area contributed by atoms with E-state index in [1.807, 2.05) is 24.3 Å². The highest BCUT2D eigenvalue weighted by atomic mass is 16.5. The van der Waals surface area contributed by atoms with Crippen LogP contribution in [0.2, 0.25) is 0 Å². The summed E-state index contributed by atoms with van der Waals surface area (Å²) in [5.41, 5.74) is 1.06. The van der Waals surface area contributed by atoms with E-state index < -0.39 is 18.2 Å². The van der Waals surface area contributed by atoms with Crippen molar-refractivity contribution in [3.8, 4) is 5.75 Å². The van der Waals surface area contributed by atoms with Crippen molar-refractivity contribution >= 4 is 11.9 Å². The van der Waals surface area contributed by atoms with Crippen LogP contribution in [-0.2, 0) is 20.7 Å². The van der Waals surface area contributed by atoms with E-state index in [2.05, 4.69) is 20.8 Å². The van der Waals surface area contributed by atoms with Gasteiger partial charge in [-0.25, -0.2) is 4.79 Å². The highest BCUT2D eigenvalue weighted by Crippen LogP contribution is 2.24. The van der Waals surface area contributed by atoms with Crippen LogP contribution in [-0.4, -0.2) is 54.3 Å². The number of methoxy groups -OCH3 is 1. The summed E-state index contributed by atoms with van der Waals surface area (Å²) in [5, 5.41) is 9.07. The molecule has 0 saturated carbocycles. The summed E-state index contributed by atoms with van der Waals surface area (Å²) in [4.78, 5) is 25.8. The lowest BCUT2D eigenvalue weighted by atomic mass is 9.95. The minimum absolute atomic E-state index is 0.0552. The number of carbonyl (C=O) groups excluding carboxylic acids is 1. The molecule has 1 fully saturated rings. The molecule has 6 nitrogen and oxygen atoms in total. The summed E-state index contributed by atoms with van der Waals surface area (Å²) < 4.78 is 10.6. The third kappa shape index (κ3) is 5.73. The number of ether oxygens (including phenoxy) is 2. The Bertz CT molecular complexity index is 620. The van der Waals surface area contributed by atoms with Gasteiger partial charge in [0.1, 0.15) is 11.9 Å². The van der Waals surface area contributed by atoms with Crippen LogP contribution in [0.15, 0.2) is 24.3 Å². The van der Waals surface area contributed by atoms with Gasteiger partial charge in [-0.15, -0.1) is 0 Å². The number of hydrogen-bond acceptors (Lipinski definition) is 4. The molecule has 1 amide bonds. The van der Waals surface area contributed by atoms with Gasteiger partial charge in [0.2, 0.25) is 0 Å². The number of carboxylic acids is 1. The third-order valence-corrected chi connectivity index (χ3v) is 4.38. The molecule has 0 spiro atoms. The first-order valence-corrected chi connectivity index (χ1v) is 8.99. The molecule has 1 aromatic rings. The minimum atomic E-state index is -0.999. The number of amides is 1. The fourth-order valence-corrected chi connectivity index (χ4v) is 3.10. The molecule has 1 aromatic carbocycles. The van der Waals surface area contributed by atoms with Gasteiger partial charge in [0.05, 0.1) is 7.11 Å². The Morgan fingerprint density at radius 3 is 2.31 bits per heavy atom. The van der Waals surface area contributed by atoms with Crippen LogP contribution in [0.25, 0.3) is 0 Å². The van der Waals surface area contributed by atoms with Crippen molar-refractivity contribution in [3.63, 3.8) is 0 Å². The van der Waals surface area contributed by atoms with Gasteiger partial charge in [-0.3, -0.25) is 4.79 Å². The van der Waals surface area contributed by atoms with Gasteiger partial charge < -0.3 is 19.5 Å². The van der Waals surface area contributed by atoms with Gasteiger partial charge >= 0.3 is 5.97 Å². The second kappa shape index (κ2) is 8.54. The molecule has 0 aliphatic carbocycles. The van der Waals surface area contributed by atoms with Crippen molar-refractivity contribution in [1.29, 1.82) is 0 Å². The zero-order valence-electron chi connectivity index (χ0n) is 16.0. The van der Waals surface area contributed by atoms with Gasteiger partial charge in [-0.2, -0.15) is 0 Å². The third-order valence-electron chi connectivity index (χ3n) is 4.38. The van der Waals surface area contributed by atoms with Gasteiger partial charge in [0, 0.05) is 13.1 Å². The molecule has 2 rings (SSSR count). The zero-order valence-corrected chi connectivity index (χ0v) is 16.0. The van der Waals surface area contributed by atoms with Crippen molar-refractivity contribution in [2.24, 2.45) is 5.41 Å². The van der Waals surface area contributed by atoms with Crippen LogP contribution in [0.5, 0.6) is 5.75 Å². The van der Waals surface area contributed by atoms with Gasteiger partial charge in [-0.1, -0.05) is 32.9 Å². The van der Waals surface area contributed by atoms with Crippen molar-refractivity contribution < 1.29 is 24.2 Å². The van der Waals surface area contributed by atoms with E-state index in [0.29, 0.717) is 25.9 Å². The molecule has 1 aliphatic rings. The number of carbonyl (C=O) groups is 2. The normalized spacial score (nSPS) is 20.0. The SMILES string of the molecule is COc1ccc(CCN(CC(C)(C)C)C(=O)[C@@H]2CC[C@H](C(=O)O)O2)cc1. The minimum Gasteiger partial charge on any atom is -0.497 e. The summed E-state index contributed by atoms with van der Waals surface area (Å²) in [5.74, 6) is -0.312. The van der Waals surface area contributed by atoms with E-state index >= 15 is 0 Å². The van der Waals surface area contributed by atoms with Gasteiger partial charge in [0.15, 0.2) is 6.10 Å². The average Bonchev–Trinajstić information content (AvgIpc) is 3.08. The van der Waals surface area contributed by atoms with Crippen LogP contribution in [0.3, 0.4) is 0 Å². The summed E-state index contributed by atoms with van der Waals surface area (Å²) >= 11 is 0. The Morgan fingerprint density at radius 2 is 1.81 bits per heavy atom. The largest absolute Gasteiger partial charge is 0.497 e. The van der Waals surface area contributed by atoms with Crippen molar-refractivity contribution in [2.45, 2.75) is 52.2 Å². The smallest absolute Gasteiger partial charge is 0.332 e. The predicted octanol–water partition coefficient (Wildman–Crippen LogP) is 2.74. The molecule has 0 unspecified atom stereocenters. The summed E-state index contributed by atoms with van der Waals surface area (Å²) in [6.07, 6.45) is 0.0318. The summed E-state index contributed by atoms with van der Waals surface area (Å²) in [6, 6.07) is 7.79. The second-order valence-electron chi connectivity index (χ2n) is 7.95. The number of benzene rings is 1. The molecule has 144 valence electrons. The second-order valence-corrected chi connectivity index (χ2v) is 7.95. The highest BCUT2D eigenvalue weighted by molar-refractivity contribution is 5.82. The lowest BCUT2D eigenvalue weighted by Gasteiger charge is -2.32. The zero-order chi connectivity index (χ0) is 19.3. The maximum absolute atomic E-state index is 12.9. The molecular weight excluding hydrogens is 334 g/mol. The molecule has 1 N–H and O–H groups in total. The number of nitrogens with zero attached hydrogens (tertiary/aromatic N) is 1. The first-order chi connectivity index (χ1) is 12.2. The number of aliphatic carboxylic acids is 1. The maximum Gasteiger partial charge on any atom is 0.332 e. The quantitative estimate of drug-likeness (QED) is 0.806. The van der Waals surface area contributed by atoms with E-state index in [0.717, 1.165) is 17.7 Å². The molecule has 26 heavy (non-hydrogen) atoms. The molecule has 0 bridgehead atoms. The van der Waals surface area contributed by atoms with Crippen LogP contribution in [0, 0.1) is 5.41 Å². The fraction of sp³-hybridized carbons (Fsp3) is 0.600. The van der Waals surface area contributed by atoms with Gasteiger partial charge in [-0.05, 0) is 42.4 Å². The molecule has 1 aliphatic heterocycles. The molecule has 0 aromatic heterocycles. The average molecular weight is 363 g/mol.